The van der Waals surface area contributed by atoms with Gasteiger partial charge in [-0.2, -0.15) is 0 Å². The third kappa shape index (κ3) is 3.08. The van der Waals surface area contributed by atoms with Crippen LogP contribution >= 0.6 is 0 Å². The molecular formula is C13H17N3O3. The Balaban J connectivity index is 2.02. The second kappa shape index (κ2) is 5.79. The van der Waals surface area contributed by atoms with Crippen LogP contribution in [0.5, 0.6) is 0 Å². The van der Waals surface area contributed by atoms with Crippen molar-refractivity contribution in [3.05, 3.63) is 29.6 Å². The number of likely N-dealkylation sites (tertiary alicyclic amines) is 1. The van der Waals surface area contributed by atoms with Crippen LogP contribution < -0.4 is 5.73 Å². The average molecular weight is 263 g/mol. The zero-order chi connectivity index (χ0) is 13.8. The first kappa shape index (κ1) is 13.5. The van der Waals surface area contributed by atoms with Gasteiger partial charge in [0.1, 0.15) is 0 Å². The molecule has 2 heterocycles. The van der Waals surface area contributed by atoms with Gasteiger partial charge in [0.25, 0.3) is 5.91 Å². The molecular weight excluding hydrogens is 246 g/mol. The van der Waals surface area contributed by atoms with Gasteiger partial charge in [-0.25, -0.2) is 0 Å². The van der Waals surface area contributed by atoms with Gasteiger partial charge in [0, 0.05) is 31.4 Å². The molecule has 19 heavy (non-hydrogen) atoms. The number of aromatic nitrogens is 1. The topological polar surface area (TPSA) is 96.5 Å². The van der Waals surface area contributed by atoms with Gasteiger partial charge in [0.05, 0.1) is 11.6 Å². The van der Waals surface area contributed by atoms with E-state index in [4.69, 9.17) is 10.8 Å². The number of amides is 1. The van der Waals surface area contributed by atoms with Crippen molar-refractivity contribution in [3.63, 3.8) is 0 Å². The highest BCUT2D eigenvalue weighted by molar-refractivity contribution is 5.94. The van der Waals surface area contributed by atoms with Crippen LogP contribution in [-0.4, -0.2) is 40.0 Å². The number of pyridine rings is 1. The molecule has 1 aliphatic rings. The van der Waals surface area contributed by atoms with Gasteiger partial charge in [0.2, 0.25) is 0 Å². The Bertz CT molecular complexity index is 482. The lowest BCUT2D eigenvalue weighted by molar-refractivity contribution is -0.143. The molecule has 0 atom stereocenters. The maximum Gasteiger partial charge on any atom is 0.306 e. The average Bonchev–Trinajstić information content (AvgIpc) is 2.46. The van der Waals surface area contributed by atoms with Crippen molar-refractivity contribution in [2.24, 2.45) is 11.7 Å². The summed E-state index contributed by atoms with van der Waals surface area (Å²) in [5, 5.41) is 8.92. The van der Waals surface area contributed by atoms with Gasteiger partial charge in [-0.05, 0) is 25.0 Å². The number of carboxylic acid groups (broad SMARTS) is 1. The van der Waals surface area contributed by atoms with E-state index < -0.39 is 5.97 Å². The fourth-order valence-corrected chi connectivity index (χ4v) is 2.23. The summed E-state index contributed by atoms with van der Waals surface area (Å²) in [7, 11) is 0. The highest BCUT2D eigenvalue weighted by Crippen LogP contribution is 2.19. The molecule has 6 heteroatoms. The Kier molecular flexibility index (Phi) is 4.11. The first-order valence-electron chi connectivity index (χ1n) is 6.29. The van der Waals surface area contributed by atoms with Crippen molar-refractivity contribution in [1.82, 2.24) is 9.88 Å². The molecule has 0 saturated carbocycles. The second-order valence-electron chi connectivity index (χ2n) is 4.64. The van der Waals surface area contributed by atoms with Crippen LogP contribution in [-0.2, 0) is 11.3 Å². The van der Waals surface area contributed by atoms with Crippen LogP contribution in [0.4, 0.5) is 0 Å². The molecule has 1 amide bonds. The van der Waals surface area contributed by atoms with E-state index in [1.807, 2.05) is 0 Å². The number of carboxylic acids is 1. The molecule has 1 aliphatic heterocycles. The SMILES string of the molecule is NCc1cc(C(=O)N2CCC(C(=O)O)CC2)ccn1. The number of carbonyl (C=O) groups excluding carboxylic acids is 1. The summed E-state index contributed by atoms with van der Waals surface area (Å²) in [6.07, 6.45) is 2.59. The Morgan fingerprint density at radius 1 is 1.42 bits per heavy atom. The number of piperidine rings is 1. The van der Waals surface area contributed by atoms with Crippen molar-refractivity contribution < 1.29 is 14.7 Å². The Labute approximate surface area is 111 Å². The number of nitrogens with zero attached hydrogens (tertiary/aromatic N) is 2. The fourth-order valence-electron chi connectivity index (χ4n) is 2.23. The van der Waals surface area contributed by atoms with E-state index in [2.05, 4.69) is 4.98 Å². The van der Waals surface area contributed by atoms with E-state index in [-0.39, 0.29) is 11.8 Å². The lowest BCUT2D eigenvalue weighted by Gasteiger charge is -2.30. The summed E-state index contributed by atoms with van der Waals surface area (Å²) in [5.41, 5.74) is 6.73. The molecule has 1 saturated heterocycles. The zero-order valence-electron chi connectivity index (χ0n) is 10.6. The van der Waals surface area contributed by atoms with Gasteiger partial charge >= 0.3 is 5.97 Å². The van der Waals surface area contributed by atoms with E-state index in [1.165, 1.54) is 0 Å². The molecule has 102 valence electrons. The lowest BCUT2D eigenvalue weighted by atomic mass is 9.96. The predicted octanol–water partition coefficient (Wildman–Crippen LogP) is 0.477. The fraction of sp³-hybridized carbons (Fsp3) is 0.462. The zero-order valence-corrected chi connectivity index (χ0v) is 10.6. The van der Waals surface area contributed by atoms with E-state index >= 15 is 0 Å². The predicted molar refractivity (Wildman–Crippen MR) is 68.4 cm³/mol. The summed E-state index contributed by atoms with van der Waals surface area (Å²) < 4.78 is 0. The second-order valence-corrected chi connectivity index (χ2v) is 4.64. The summed E-state index contributed by atoms with van der Waals surface area (Å²) in [6.45, 7) is 1.26. The number of nitrogens with two attached hydrogens (primary N) is 1. The molecule has 6 nitrogen and oxygen atoms in total. The molecule has 1 fully saturated rings. The summed E-state index contributed by atoms with van der Waals surface area (Å²) in [5.74, 6) is -1.19. The van der Waals surface area contributed by atoms with Gasteiger partial charge in [-0.15, -0.1) is 0 Å². The van der Waals surface area contributed by atoms with Gasteiger partial charge in [-0.1, -0.05) is 0 Å². The minimum Gasteiger partial charge on any atom is -0.481 e. The van der Waals surface area contributed by atoms with Crippen molar-refractivity contribution >= 4 is 11.9 Å². The van der Waals surface area contributed by atoms with Gasteiger partial charge < -0.3 is 15.7 Å². The molecule has 0 unspecified atom stereocenters. The number of rotatable bonds is 3. The van der Waals surface area contributed by atoms with E-state index in [9.17, 15) is 9.59 Å². The van der Waals surface area contributed by atoms with E-state index in [0.29, 0.717) is 43.7 Å². The quantitative estimate of drug-likeness (QED) is 0.826. The molecule has 0 radical (unpaired) electrons. The molecule has 0 bridgehead atoms. The van der Waals surface area contributed by atoms with E-state index in [1.54, 1.807) is 23.2 Å². The number of hydrogen-bond acceptors (Lipinski definition) is 4. The minimum absolute atomic E-state index is 0.0825. The van der Waals surface area contributed by atoms with Crippen LogP contribution in [0.15, 0.2) is 18.3 Å². The Hall–Kier alpha value is -1.95. The molecule has 0 spiro atoms. The summed E-state index contributed by atoms with van der Waals surface area (Å²) in [6, 6.07) is 3.34. The molecule has 1 aromatic rings. The van der Waals surface area contributed by atoms with Crippen LogP contribution in [0.1, 0.15) is 28.9 Å². The smallest absolute Gasteiger partial charge is 0.306 e. The standard InChI is InChI=1S/C13H17N3O3/c14-8-11-7-10(1-4-15-11)12(17)16-5-2-9(3-6-16)13(18)19/h1,4,7,9H,2-3,5-6,8,14H2,(H,18,19). The van der Waals surface area contributed by atoms with Crippen molar-refractivity contribution in [2.75, 3.05) is 13.1 Å². The molecule has 0 aliphatic carbocycles. The summed E-state index contributed by atoms with van der Waals surface area (Å²) >= 11 is 0. The molecule has 1 aromatic heterocycles. The normalized spacial score (nSPS) is 16.4. The minimum atomic E-state index is -0.776. The van der Waals surface area contributed by atoms with E-state index in [0.717, 1.165) is 0 Å². The van der Waals surface area contributed by atoms with Crippen molar-refractivity contribution in [3.8, 4) is 0 Å². The highest BCUT2D eigenvalue weighted by Gasteiger charge is 2.27. The third-order valence-corrected chi connectivity index (χ3v) is 3.40. The maximum absolute atomic E-state index is 12.3. The largest absolute Gasteiger partial charge is 0.481 e. The lowest BCUT2D eigenvalue weighted by Crippen LogP contribution is -2.40. The maximum atomic E-state index is 12.3. The van der Waals surface area contributed by atoms with Gasteiger partial charge in [-0.3, -0.25) is 14.6 Å². The Morgan fingerprint density at radius 3 is 2.68 bits per heavy atom. The number of hydrogen-bond donors (Lipinski definition) is 2. The van der Waals surface area contributed by atoms with Crippen molar-refractivity contribution in [1.29, 1.82) is 0 Å². The Morgan fingerprint density at radius 2 is 2.11 bits per heavy atom. The monoisotopic (exact) mass is 263 g/mol. The van der Waals surface area contributed by atoms with Crippen LogP contribution in [0.3, 0.4) is 0 Å². The first-order chi connectivity index (χ1) is 9.11. The van der Waals surface area contributed by atoms with Crippen LogP contribution in [0, 0.1) is 5.92 Å². The van der Waals surface area contributed by atoms with Crippen LogP contribution in [0.25, 0.3) is 0 Å². The third-order valence-electron chi connectivity index (χ3n) is 3.40. The molecule has 2 rings (SSSR count). The number of carbonyl (C=O) groups is 2. The molecule has 0 aromatic carbocycles. The number of aliphatic carboxylic acids is 1. The first-order valence-corrected chi connectivity index (χ1v) is 6.29. The van der Waals surface area contributed by atoms with Crippen molar-refractivity contribution in [2.45, 2.75) is 19.4 Å². The molecule has 3 N–H and O–H groups in total. The van der Waals surface area contributed by atoms with Crippen LogP contribution in [0.2, 0.25) is 0 Å². The summed E-state index contributed by atoms with van der Waals surface area (Å²) in [4.78, 5) is 28.8. The van der Waals surface area contributed by atoms with Gasteiger partial charge in [0.15, 0.2) is 0 Å². The highest BCUT2D eigenvalue weighted by atomic mass is 16.4.